The van der Waals surface area contributed by atoms with Crippen molar-refractivity contribution >= 4 is 17.7 Å². The number of Topliss-reactive ketones (excluding diaryl/α,β-unsaturated/α-hetero) is 1. The van der Waals surface area contributed by atoms with E-state index in [2.05, 4.69) is 5.32 Å². The number of ketones is 1. The molecule has 1 amide bonds. The van der Waals surface area contributed by atoms with E-state index < -0.39 is 108 Å². The minimum Gasteiger partial charge on any atom is -0.459 e. The van der Waals surface area contributed by atoms with Crippen LogP contribution in [0.1, 0.15) is 100.0 Å². The van der Waals surface area contributed by atoms with Crippen LogP contribution in [0.5, 0.6) is 0 Å². The number of esters is 1. The number of nitrogens with zero attached hydrogens (tertiary/aromatic N) is 1. The first kappa shape index (κ1) is 52.0. The number of aliphatic hydroxyl groups excluding tert-OH is 3. The van der Waals surface area contributed by atoms with Crippen LogP contribution >= 0.6 is 0 Å². The van der Waals surface area contributed by atoms with Gasteiger partial charge in [-0.1, -0.05) is 51.1 Å². The van der Waals surface area contributed by atoms with Crippen LogP contribution in [0, 0.1) is 23.7 Å². The molecule has 0 bridgehead atoms. The molecule has 3 saturated heterocycles. The van der Waals surface area contributed by atoms with E-state index in [1.165, 1.54) is 27.9 Å². The van der Waals surface area contributed by atoms with E-state index in [4.69, 9.17) is 28.4 Å². The molecule has 62 heavy (non-hydrogen) atoms. The summed E-state index contributed by atoms with van der Waals surface area (Å²) < 4.78 is 37.6. The molecule has 6 N–H and O–H groups in total. The minimum atomic E-state index is -2.19. The van der Waals surface area contributed by atoms with Crippen molar-refractivity contribution in [2.75, 3.05) is 27.7 Å². The van der Waals surface area contributed by atoms with Gasteiger partial charge in [-0.2, -0.15) is 0 Å². The zero-order valence-electron chi connectivity index (χ0n) is 38.9. The van der Waals surface area contributed by atoms with E-state index >= 15 is 0 Å². The summed E-state index contributed by atoms with van der Waals surface area (Å²) >= 11 is 0. The second kappa shape index (κ2) is 21.6. The Kier molecular flexibility index (Phi) is 18.1. The maximum Gasteiger partial charge on any atom is 0.311 e. The van der Waals surface area contributed by atoms with Crippen LogP contribution in [0.25, 0.3) is 0 Å². The highest BCUT2D eigenvalue weighted by atomic mass is 16.7. The molecule has 3 heterocycles. The zero-order chi connectivity index (χ0) is 46.5. The quantitative estimate of drug-likeness (QED) is 0.166. The Morgan fingerprint density at radius 2 is 1.55 bits per heavy atom. The van der Waals surface area contributed by atoms with Gasteiger partial charge in [-0.05, 0) is 80.5 Å². The summed E-state index contributed by atoms with van der Waals surface area (Å²) in [6, 6.07) is 9.16. The molecule has 16 heteroatoms. The first-order valence-corrected chi connectivity index (χ1v) is 22.2. The van der Waals surface area contributed by atoms with Gasteiger partial charge in [0, 0.05) is 56.7 Å². The van der Waals surface area contributed by atoms with Gasteiger partial charge < -0.3 is 64.2 Å². The molecule has 3 aliphatic rings. The SMILES string of the molecule is CO[C@]1(C)C[C@H](OC2[C@@H](C)C(=O)O[C@H](CCNC(=O)CCc3ccccc3)[C@@](C)(O)[C@H](O)[C@@H](C)C(=O)[C@H](C)C[C@@](C)(O)[C@H](O[C@@H]3O[C@H](C)C[C@H](N(C)C)[C@H]3O)[C@H]2C)O[C@@H](C)[C@@H]1O. The minimum absolute atomic E-state index is 0.0293. The number of hydrogen-bond acceptors (Lipinski definition) is 15. The van der Waals surface area contributed by atoms with Gasteiger partial charge in [-0.3, -0.25) is 14.4 Å². The Bertz CT molecular complexity index is 1610. The largest absolute Gasteiger partial charge is 0.459 e. The highest BCUT2D eigenvalue weighted by molar-refractivity contribution is 5.83. The molecule has 1 aromatic rings. The number of cyclic esters (lactones) is 1. The fourth-order valence-corrected chi connectivity index (χ4v) is 9.60. The fourth-order valence-electron chi connectivity index (χ4n) is 9.60. The first-order valence-electron chi connectivity index (χ1n) is 22.2. The van der Waals surface area contributed by atoms with Gasteiger partial charge in [0.1, 0.15) is 29.7 Å². The van der Waals surface area contributed by atoms with Gasteiger partial charge in [0.25, 0.3) is 0 Å². The van der Waals surface area contributed by atoms with E-state index in [-0.39, 0.29) is 50.3 Å². The molecular formula is C46H76N2O14. The average Bonchev–Trinajstić information content (AvgIpc) is 3.21. The summed E-state index contributed by atoms with van der Waals surface area (Å²) in [6.45, 7) is 14.4. The lowest BCUT2D eigenvalue weighted by Crippen LogP contribution is -2.61. The van der Waals surface area contributed by atoms with Crippen molar-refractivity contribution in [2.45, 2.75) is 185 Å². The zero-order valence-corrected chi connectivity index (χ0v) is 38.9. The van der Waals surface area contributed by atoms with E-state index in [1.807, 2.05) is 56.3 Å². The van der Waals surface area contributed by atoms with Crippen LogP contribution in [-0.4, -0.2) is 160 Å². The van der Waals surface area contributed by atoms with Crippen molar-refractivity contribution in [2.24, 2.45) is 23.7 Å². The van der Waals surface area contributed by atoms with E-state index in [0.29, 0.717) is 12.8 Å². The second-order valence-electron chi connectivity index (χ2n) is 19.2. The number of aliphatic hydroxyl groups is 5. The molecule has 1 aromatic carbocycles. The summed E-state index contributed by atoms with van der Waals surface area (Å²) in [5.74, 6) is -5.77. The van der Waals surface area contributed by atoms with Gasteiger partial charge in [-0.15, -0.1) is 0 Å². The number of methoxy groups -OCH3 is 1. The van der Waals surface area contributed by atoms with E-state index in [0.717, 1.165) is 5.56 Å². The smallest absolute Gasteiger partial charge is 0.311 e. The maximum absolute atomic E-state index is 14.6. The highest BCUT2D eigenvalue weighted by Gasteiger charge is 2.53. The van der Waals surface area contributed by atoms with Crippen LogP contribution in [0.3, 0.4) is 0 Å². The normalized spacial score (nSPS) is 42.8. The number of nitrogens with one attached hydrogen (secondary N) is 1. The van der Waals surface area contributed by atoms with Crippen molar-refractivity contribution < 1.29 is 68.3 Å². The van der Waals surface area contributed by atoms with Crippen LogP contribution in [0.4, 0.5) is 0 Å². The predicted molar refractivity (Wildman–Crippen MR) is 228 cm³/mol. The molecule has 0 saturated carbocycles. The average molecular weight is 881 g/mol. The molecule has 16 nitrogen and oxygen atoms in total. The van der Waals surface area contributed by atoms with Gasteiger partial charge in [0.2, 0.25) is 5.91 Å². The number of rotatable bonds is 12. The number of ether oxygens (including phenoxy) is 6. The number of aryl methyl sites for hydroxylation is 1. The fraction of sp³-hybridized carbons (Fsp3) is 0.804. The Morgan fingerprint density at radius 1 is 0.903 bits per heavy atom. The van der Waals surface area contributed by atoms with Crippen LogP contribution in [0.2, 0.25) is 0 Å². The Morgan fingerprint density at radius 3 is 2.16 bits per heavy atom. The molecule has 1 unspecified atom stereocenters. The Hall–Kier alpha value is -2.61. The monoisotopic (exact) mass is 881 g/mol. The number of benzene rings is 1. The number of likely N-dealkylation sites (N-methyl/N-ethyl adjacent to an activating group) is 1. The summed E-state index contributed by atoms with van der Waals surface area (Å²) in [5, 5.41) is 61.8. The maximum atomic E-state index is 14.6. The third-order valence-corrected chi connectivity index (χ3v) is 13.7. The first-order chi connectivity index (χ1) is 28.8. The molecule has 354 valence electrons. The number of carbonyl (C=O) groups is 3. The highest BCUT2D eigenvalue weighted by Crippen LogP contribution is 2.41. The van der Waals surface area contributed by atoms with Crippen molar-refractivity contribution in [3.63, 3.8) is 0 Å². The van der Waals surface area contributed by atoms with Gasteiger partial charge in [0.15, 0.2) is 12.6 Å². The molecule has 0 radical (unpaired) electrons. The summed E-state index contributed by atoms with van der Waals surface area (Å²) in [5.41, 5.74) is -4.16. The molecule has 3 aliphatic heterocycles. The molecule has 0 aliphatic carbocycles. The molecular weight excluding hydrogens is 805 g/mol. The van der Waals surface area contributed by atoms with Crippen molar-refractivity contribution in [1.82, 2.24) is 10.2 Å². The molecule has 3 fully saturated rings. The number of hydrogen-bond donors (Lipinski definition) is 6. The van der Waals surface area contributed by atoms with Crippen molar-refractivity contribution in [3.8, 4) is 0 Å². The third-order valence-electron chi connectivity index (χ3n) is 13.7. The summed E-state index contributed by atoms with van der Waals surface area (Å²) in [7, 11) is 5.14. The van der Waals surface area contributed by atoms with Crippen molar-refractivity contribution in [3.05, 3.63) is 35.9 Å². The van der Waals surface area contributed by atoms with Crippen LogP contribution in [-0.2, 0) is 49.2 Å². The topological polar surface area (TPSA) is 223 Å². The predicted octanol–water partition coefficient (Wildman–Crippen LogP) is 2.51. The molecule has 18 atom stereocenters. The third kappa shape index (κ3) is 12.4. The Balaban J connectivity index is 1.76. The Labute approximate surface area is 367 Å². The number of amides is 1. The van der Waals surface area contributed by atoms with E-state index in [1.54, 1.807) is 34.6 Å². The van der Waals surface area contributed by atoms with Crippen LogP contribution < -0.4 is 5.32 Å². The van der Waals surface area contributed by atoms with Gasteiger partial charge >= 0.3 is 5.97 Å². The number of carbonyl (C=O) groups excluding carboxylic acids is 3. The molecule has 4 rings (SSSR count). The standard InChI is InChI=1S/C46H76N2O14/c1-25-23-44(7,55)41(62-43-37(51)32(48(10)11)22-26(2)58-43)28(4)38(61-35-24-45(8,57-12)40(53)30(6)59-35)29(5)42(54)60-33(46(9,56)39(52)27(3)36(25)50)20-21-47-34(49)19-18-31-16-14-13-15-17-31/h13-17,25-30,32-33,35,37-41,43,51-53,55-56H,18-24H2,1-12H3,(H,47,49)/t25-,26-,27+,28+,29-,30+,32+,33-,35+,37-,38?,39-,40+,41-,43+,44-,45-,46-/m1/s1. The molecule has 0 aromatic heterocycles. The lowest BCUT2D eigenvalue weighted by Gasteiger charge is -2.49. The molecule has 0 spiro atoms. The second-order valence-corrected chi connectivity index (χ2v) is 19.2. The van der Waals surface area contributed by atoms with Crippen molar-refractivity contribution in [1.29, 1.82) is 0 Å². The summed E-state index contributed by atoms with van der Waals surface area (Å²) in [6.07, 6.45) is -10.2. The summed E-state index contributed by atoms with van der Waals surface area (Å²) in [4.78, 5) is 43.5. The van der Waals surface area contributed by atoms with Gasteiger partial charge in [-0.25, -0.2) is 0 Å². The van der Waals surface area contributed by atoms with Gasteiger partial charge in [0.05, 0.1) is 47.6 Å². The lowest BCUT2D eigenvalue weighted by molar-refractivity contribution is -0.318. The van der Waals surface area contributed by atoms with E-state index in [9.17, 15) is 39.9 Å². The lowest BCUT2D eigenvalue weighted by atomic mass is 9.74. The van der Waals surface area contributed by atoms with Crippen LogP contribution in [0.15, 0.2) is 30.3 Å².